The van der Waals surface area contributed by atoms with E-state index in [1.165, 1.54) is 0 Å². The first-order valence-corrected chi connectivity index (χ1v) is 7.35. The highest BCUT2D eigenvalue weighted by atomic mass is 28.4. The molecule has 3 heteroatoms. The van der Waals surface area contributed by atoms with Gasteiger partial charge in [0.1, 0.15) is 5.75 Å². The van der Waals surface area contributed by atoms with Gasteiger partial charge in [0.25, 0.3) is 8.32 Å². The zero-order chi connectivity index (χ0) is 10.6. The van der Waals surface area contributed by atoms with Crippen LogP contribution in [0.2, 0.25) is 13.1 Å². The lowest BCUT2D eigenvalue weighted by Crippen LogP contribution is -2.22. The highest BCUT2D eigenvalue weighted by Gasteiger charge is 2.11. The number of ether oxygens (including phenoxy) is 1. The normalized spacial score (nSPS) is 10.3. The van der Waals surface area contributed by atoms with Crippen LogP contribution >= 0.6 is 0 Å². The lowest BCUT2D eigenvalue weighted by molar-refractivity contribution is 0.415. The fourth-order valence-electron chi connectivity index (χ4n) is 0.899. The van der Waals surface area contributed by atoms with Crippen LogP contribution in [-0.2, 0) is 0 Å². The summed E-state index contributed by atoms with van der Waals surface area (Å²) in [6.45, 7) is 3.59. The van der Waals surface area contributed by atoms with Crippen LogP contribution < -0.4 is 4.74 Å². The van der Waals surface area contributed by atoms with Gasteiger partial charge < -0.3 is 9.53 Å². The molecule has 0 aliphatic rings. The highest BCUT2D eigenvalue weighted by molar-refractivity contribution is 6.78. The predicted molar refractivity (Wildman–Crippen MR) is 59.6 cm³/mol. The molecule has 0 fully saturated rings. The third-order valence-electron chi connectivity index (χ3n) is 1.60. The molecule has 0 saturated heterocycles. The Hall–Kier alpha value is -1.24. The third kappa shape index (κ3) is 3.65. The number of hydrogen-bond acceptors (Lipinski definition) is 2. The van der Waals surface area contributed by atoms with Crippen molar-refractivity contribution in [3.8, 4) is 17.2 Å². The van der Waals surface area contributed by atoms with E-state index in [4.69, 9.17) is 4.74 Å². The van der Waals surface area contributed by atoms with Crippen LogP contribution in [0.5, 0.6) is 5.75 Å². The number of rotatable bonds is 1. The molecule has 2 nitrogen and oxygen atoms in total. The molecule has 74 valence electrons. The van der Waals surface area contributed by atoms with Gasteiger partial charge >= 0.3 is 0 Å². The zero-order valence-electron chi connectivity index (χ0n) is 8.66. The maximum absolute atomic E-state index is 9.52. The predicted octanol–water partition coefficient (Wildman–Crippen LogP) is 1.78. The maximum Gasteiger partial charge on any atom is 0.263 e. The molecule has 0 bridgehead atoms. The Labute approximate surface area is 85.7 Å². The van der Waals surface area contributed by atoms with E-state index < -0.39 is 8.32 Å². The second-order valence-corrected chi connectivity index (χ2v) is 6.91. The van der Waals surface area contributed by atoms with Gasteiger partial charge in [-0.1, -0.05) is 11.5 Å². The Bertz CT molecular complexity index is 352. The van der Waals surface area contributed by atoms with Gasteiger partial charge in [-0.05, 0) is 37.4 Å². The molecule has 0 aliphatic heterocycles. The van der Waals surface area contributed by atoms with E-state index in [2.05, 4.69) is 11.5 Å². The molecule has 0 atom stereocenters. The summed E-state index contributed by atoms with van der Waals surface area (Å²) in [4.78, 5) is 9.52. The molecule has 0 heterocycles. The van der Waals surface area contributed by atoms with Crippen molar-refractivity contribution in [1.29, 1.82) is 0 Å². The number of hydrogen-bond donors (Lipinski definition) is 1. The molecular weight excluding hydrogens is 192 g/mol. The quantitative estimate of drug-likeness (QED) is 0.560. The first-order chi connectivity index (χ1) is 6.51. The SMILES string of the molecule is COc1ccc(C#C[Si](C)(C)O)cc1. The van der Waals surface area contributed by atoms with Crippen molar-refractivity contribution in [2.45, 2.75) is 13.1 Å². The second kappa shape index (κ2) is 4.31. The first kappa shape index (κ1) is 10.8. The summed E-state index contributed by atoms with van der Waals surface area (Å²) in [5.74, 6) is 3.76. The van der Waals surface area contributed by atoms with Crippen LogP contribution in [0.1, 0.15) is 5.56 Å². The van der Waals surface area contributed by atoms with Gasteiger partial charge in [-0.2, -0.15) is 0 Å². The van der Waals surface area contributed by atoms with E-state index >= 15 is 0 Å². The molecule has 0 spiro atoms. The molecule has 1 N–H and O–H groups in total. The molecule has 0 unspecified atom stereocenters. The number of benzene rings is 1. The van der Waals surface area contributed by atoms with Crippen molar-refractivity contribution >= 4 is 8.32 Å². The largest absolute Gasteiger partial charge is 0.497 e. The van der Waals surface area contributed by atoms with Gasteiger partial charge in [-0.3, -0.25) is 0 Å². The van der Waals surface area contributed by atoms with Crippen molar-refractivity contribution < 1.29 is 9.53 Å². The van der Waals surface area contributed by atoms with E-state index in [0.717, 1.165) is 11.3 Å². The Morgan fingerprint density at radius 3 is 2.21 bits per heavy atom. The average molecular weight is 206 g/mol. The van der Waals surface area contributed by atoms with Gasteiger partial charge in [-0.15, -0.1) is 0 Å². The fourth-order valence-corrected chi connectivity index (χ4v) is 1.35. The standard InChI is InChI=1S/C11H14O2Si/c1-13-11-6-4-10(5-7-11)8-9-14(2,3)12/h4-7,12H,1-3H3. The van der Waals surface area contributed by atoms with Crippen LogP contribution in [0.3, 0.4) is 0 Å². The number of methoxy groups -OCH3 is 1. The van der Waals surface area contributed by atoms with E-state index in [1.807, 2.05) is 24.3 Å². The third-order valence-corrected chi connectivity index (χ3v) is 2.34. The minimum absolute atomic E-state index is 0.816. The smallest absolute Gasteiger partial charge is 0.263 e. The molecule has 1 rings (SSSR count). The van der Waals surface area contributed by atoms with Gasteiger partial charge in [0.15, 0.2) is 0 Å². The summed E-state index contributed by atoms with van der Waals surface area (Å²) in [6.07, 6.45) is 0. The molecular formula is C11H14O2Si. The maximum atomic E-state index is 9.52. The molecule has 0 aliphatic carbocycles. The topological polar surface area (TPSA) is 29.5 Å². The van der Waals surface area contributed by atoms with Crippen molar-refractivity contribution in [2.24, 2.45) is 0 Å². The van der Waals surface area contributed by atoms with Gasteiger partial charge in [0.05, 0.1) is 7.11 Å². The molecule has 14 heavy (non-hydrogen) atoms. The van der Waals surface area contributed by atoms with Crippen molar-refractivity contribution in [3.63, 3.8) is 0 Å². The van der Waals surface area contributed by atoms with Gasteiger partial charge in [0.2, 0.25) is 0 Å². The highest BCUT2D eigenvalue weighted by Crippen LogP contribution is 2.10. The minimum atomic E-state index is -2.25. The zero-order valence-corrected chi connectivity index (χ0v) is 9.66. The van der Waals surface area contributed by atoms with Crippen molar-refractivity contribution in [1.82, 2.24) is 0 Å². The first-order valence-electron chi connectivity index (χ1n) is 4.41. The lowest BCUT2D eigenvalue weighted by atomic mass is 10.2. The van der Waals surface area contributed by atoms with Crippen molar-refractivity contribution in [2.75, 3.05) is 7.11 Å². The summed E-state index contributed by atoms with van der Waals surface area (Å²) >= 11 is 0. The molecule has 1 aromatic rings. The summed E-state index contributed by atoms with van der Waals surface area (Å²) in [6, 6.07) is 7.48. The second-order valence-electron chi connectivity index (χ2n) is 3.54. The monoisotopic (exact) mass is 206 g/mol. The summed E-state index contributed by atoms with van der Waals surface area (Å²) in [5, 5.41) is 0. The van der Waals surface area contributed by atoms with Gasteiger partial charge in [-0.25, -0.2) is 0 Å². The fraction of sp³-hybridized carbons (Fsp3) is 0.273. The molecule has 0 amide bonds. The molecule has 0 radical (unpaired) electrons. The summed E-state index contributed by atoms with van der Waals surface area (Å²) < 4.78 is 5.03. The summed E-state index contributed by atoms with van der Waals surface area (Å²) in [5.41, 5.74) is 3.78. The Kier molecular flexibility index (Phi) is 3.34. The van der Waals surface area contributed by atoms with Crippen LogP contribution in [0.4, 0.5) is 0 Å². The van der Waals surface area contributed by atoms with E-state index in [-0.39, 0.29) is 0 Å². The van der Waals surface area contributed by atoms with E-state index in [0.29, 0.717) is 0 Å². The van der Waals surface area contributed by atoms with Crippen LogP contribution in [0.15, 0.2) is 24.3 Å². The average Bonchev–Trinajstić information content (AvgIpc) is 2.14. The lowest BCUT2D eigenvalue weighted by Gasteiger charge is -2.02. The van der Waals surface area contributed by atoms with Gasteiger partial charge in [0, 0.05) is 5.56 Å². The Morgan fingerprint density at radius 2 is 1.79 bits per heavy atom. The van der Waals surface area contributed by atoms with Crippen molar-refractivity contribution in [3.05, 3.63) is 29.8 Å². The van der Waals surface area contributed by atoms with Crippen LogP contribution in [-0.4, -0.2) is 20.2 Å². The minimum Gasteiger partial charge on any atom is -0.497 e. The van der Waals surface area contributed by atoms with Crippen LogP contribution in [0, 0.1) is 11.5 Å². The summed E-state index contributed by atoms with van der Waals surface area (Å²) in [7, 11) is -0.625. The Balaban J connectivity index is 2.82. The molecule has 1 aromatic carbocycles. The van der Waals surface area contributed by atoms with E-state index in [1.54, 1.807) is 20.2 Å². The molecule has 0 saturated carbocycles. The van der Waals surface area contributed by atoms with E-state index in [9.17, 15) is 4.80 Å². The Morgan fingerprint density at radius 1 is 1.21 bits per heavy atom. The molecule has 0 aromatic heterocycles. The van der Waals surface area contributed by atoms with Crippen LogP contribution in [0.25, 0.3) is 0 Å².